The van der Waals surface area contributed by atoms with Crippen molar-refractivity contribution in [1.82, 2.24) is 10.2 Å². The molecule has 0 radical (unpaired) electrons. The molecule has 1 aromatic rings. The van der Waals surface area contributed by atoms with Crippen molar-refractivity contribution in [3.05, 3.63) is 22.4 Å². The number of rotatable bonds is 6. The van der Waals surface area contributed by atoms with Gasteiger partial charge in [0, 0.05) is 31.4 Å². The summed E-state index contributed by atoms with van der Waals surface area (Å²) in [4.78, 5) is 14.5. The third-order valence-corrected chi connectivity index (χ3v) is 3.57. The minimum atomic E-state index is 0.0637. The van der Waals surface area contributed by atoms with Crippen LogP contribution in [0, 0.1) is 0 Å². The van der Waals surface area contributed by atoms with Crippen molar-refractivity contribution in [3.8, 4) is 0 Å². The molecule has 0 spiro atoms. The van der Waals surface area contributed by atoms with Crippen LogP contribution in [0.5, 0.6) is 0 Å². The highest BCUT2D eigenvalue weighted by atomic mass is 32.1. The molecule has 1 heterocycles. The molecule has 1 aromatic heterocycles. The number of hydrogen-bond donors (Lipinski definition) is 2. The van der Waals surface area contributed by atoms with Gasteiger partial charge in [-0.1, -0.05) is 6.07 Å². The molecule has 0 aromatic carbocycles. The molecule has 90 valence electrons. The lowest BCUT2D eigenvalue weighted by molar-refractivity contribution is -0.120. The van der Waals surface area contributed by atoms with Gasteiger partial charge in [0.05, 0.1) is 6.04 Å². The van der Waals surface area contributed by atoms with Crippen LogP contribution in [0.4, 0.5) is 0 Å². The molecule has 1 unspecified atom stereocenters. The van der Waals surface area contributed by atoms with Crippen LogP contribution >= 0.6 is 11.3 Å². The molecule has 4 nitrogen and oxygen atoms in total. The first-order valence-corrected chi connectivity index (χ1v) is 6.21. The van der Waals surface area contributed by atoms with Gasteiger partial charge in [0.1, 0.15) is 0 Å². The Morgan fingerprint density at radius 1 is 1.69 bits per heavy atom. The smallest absolute Gasteiger partial charge is 0.221 e. The Kier molecular flexibility index (Phi) is 5.45. The molecule has 0 fully saturated rings. The van der Waals surface area contributed by atoms with E-state index in [0.717, 1.165) is 6.54 Å². The van der Waals surface area contributed by atoms with Gasteiger partial charge in [-0.2, -0.15) is 0 Å². The average Bonchev–Trinajstić information content (AvgIpc) is 2.80. The summed E-state index contributed by atoms with van der Waals surface area (Å²) in [5.41, 5.74) is 5.77. The molecule has 0 aliphatic rings. The molecule has 5 heteroatoms. The van der Waals surface area contributed by atoms with Crippen molar-refractivity contribution in [2.75, 3.05) is 27.2 Å². The van der Waals surface area contributed by atoms with Gasteiger partial charge in [0.25, 0.3) is 0 Å². The number of likely N-dealkylation sites (N-methyl/N-ethyl adjacent to an activating group) is 1. The van der Waals surface area contributed by atoms with Crippen LogP contribution in [0.2, 0.25) is 0 Å². The van der Waals surface area contributed by atoms with Crippen molar-refractivity contribution in [3.63, 3.8) is 0 Å². The highest BCUT2D eigenvalue weighted by molar-refractivity contribution is 7.10. The van der Waals surface area contributed by atoms with Gasteiger partial charge < -0.3 is 11.1 Å². The Balaban J connectivity index is 2.50. The second-order valence-corrected chi connectivity index (χ2v) is 4.65. The molecule has 1 rings (SSSR count). The van der Waals surface area contributed by atoms with Crippen molar-refractivity contribution in [1.29, 1.82) is 0 Å². The van der Waals surface area contributed by atoms with Gasteiger partial charge in [0.2, 0.25) is 5.91 Å². The Morgan fingerprint density at radius 3 is 2.94 bits per heavy atom. The van der Waals surface area contributed by atoms with Crippen molar-refractivity contribution in [2.45, 2.75) is 12.5 Å². The fraction of sp³-hybridized carbons (Fsp3) is 0.545. The maximum Gasteiger partial charge on any atom is 0.221 e. The number of carbonyl (C=O) groups is 1. The number of nitrogens with two attached hydrogens (primary N) is 1. The highest BCUT2D eigenvalue weighted by Gasteiger charge is 2.16. The Morgan fingerprint density at radius 2 is 2.44 bits per heavy atom. The summed E-state index contributed by atoms with van der Waals surface area (Å²) in [5, 5.41) is 4.66. The lowest BCUT2D eigenvalue weighted by Crippen LogP contribution is -2.33. The first-order chi connectivity index (χ1) is 7.69. The van der Waals surface area contributed by atoms with E-state index in [0.29, 0.717) is 13.0 Å². The van der Waals surface area contributed by atoms with E-state index in [4.69, 9.17) is 5.73 Å². The van der Waals surface area contributed by atoms with Gasteiger partial charge in [-0.05, 0) is 18.5 Å². The standard InChI is InChI=1S/C11H19N3OS/c1-13-11(15)5-6-14(2)9(8-12)10-4-3-7-16-10/h3-4,7,9H,5-6,8,12H2,1-2H3,(H,13,15). The molecule has 0 bridgehead atoms. The number of thiophene rings is 1. The normalized spacial score (nSPS) is 12.8. The third kappa shape index (κ3) is 3.59. The van der Waals surface area contributed by atoms with E-state index in [1.54, 1.807) is 18.4 Å². The van der Waals surface area contributed by atoms with Crippen LogP contribution in [-0.4, -0.2) is 38.0 Å². The summed E-state index contributed by atoms with van der Waals surface area (Å²) in [6.45, 7) is 1.30. The predicted octanol–water partition coefficient (Wildman–Crippen LogP) is 0.816. The van der Waals surface area contributed by atoms with Crippen LogP contribution in [-0.2, 0) is 4.79 Å². The summed E-state index contributed by atoms with van der Waals surface area (Å²) in [6.07, 6.45) is 0.509. The first-order valence-electron chi connectivity index (χ1n) is 5.33. The Bertz CT molecular complexity index is 313. The summed E-state index contributed by atoms with van der Waals surface area (Å²) in [7, 11) is 3.65. The van der Waals surface area contributed by atoms with E-state index in [2.05, 4.69) is 16.3 Å². The minimum absolute atomic E-state index is 0.0637. The quantitative estimate of drug-likeness (QED) is 0.775. The second kappa shape index (κ2) is 6.62. The van der Waals surface area contributed by atoms with Crippen molar-refractivity contribution >= 4 is 17.2 Å². The van der Waals surface area contributed by atoms with Gasteiger partial charge >= 0.3 is 0 Å². The van der Waals surface area contributed by atoms with E-state index >= 15 is 0 Å². The van der Waals surface area contributed by atoms with Crippen LogP contribution in [0.25, 0.3) is 0 Å². The second-order valence-electron chi connectivity index (χ2n) is 3.67. The maximum atomic E-state index is 11.1. The van der Waals surface area contributed by atoms with Gasteiger partial charge in [-0.25, -0.2) is 0 Å². The fourth-order valence-electron chi connectivity index (χ4n) is 1.55. The topological polar surface area (TPSA) is 58.4 Å². The number of carbonyl (C=O) groups excluding carboxylic acids is 1. The van der Waals surface area contributed by atoms with E-state index < -0.39 is 0 Å². The Labute approximate surface area is 100 Å². The molecular weight excluding hydrogens is 222 g/mol. The average molecular weight is 241 g/mol. The lowest BCUT2D eigenvalue weighted by Gasteiger charge is -2.25. The molecule has 0 saturated carbocycles. The summed E-state index contributed by atoms with van der Waals surface area (Å²) < 4.78 is 0. The minimum Gasteiger partial charge on any atom is -0.359 e. The zero-order valence-electron chi connectivity index (χ0n) is 9.77. The predicted molar refractivity (Wildman–Crippen MR) is 67.4 cm³/mol. The number of hydrogen-bond acceptors (Lipinski definition) is 4. The highest BCUT2D eigenvalue weighted by Crippen LogP contribution is 2.22. The summed E-state index contributed by atoms with van der Waals surface area (Å²) >= 11 is 1.70. The maximum absolute atomic E-state index is 11.1. The van der Waals surface area contributed by atoms with Crippen molar-refractivity contribution in [2.24, 2.45) is 5.73 Å². The van der Waals surface area contributed by atoms with Gasteiger partial charge in [0.15, 0.2) is 0 Å². The number of amides is 1. The van der Waals surface area contributed by atoms with E-state index in [9.17, 15) is 4.79 Å². The number of nitrogens with one attached hydrogen (secondary N) is 1. The van der Waals surface area contributed by atoms with Gasteiger partial charge in [-0.3, -0.25) is 9.69 Å². The van der Waals surface area contributed by atoms with Crippen LogP contribution in [0.15, 0.2) is 17.5 Å². The van der Waals surface area contributed by atoms with E-state index in [-0.39, 0.29) is 11.9 Å². The largest absolute Gasteiger partial charge is 0.359 e. The first kappa shape index (κ1) is 13.2. The summed E-state index contributed by atoms with van der Waals surface area (Å²) in [6, 6.07) is 4.32. The molecule has 16 heavy (non-hydrogen) atoms. The molecule has 0 aliphatic heterocycles. The summed E-state index contributed by atoms with van der Waals surface area (Å²) in [5.74, 6) is 0.0637. The molecular formula is C11H19N3OS. The third-order valence-electron chi connectivity index (χ3n) is 2.60. The van der Waals surface area contributed by atoms with Gasteiger partial charge in [-0.15, -0.1) is 11.3 Å². The molecule has 1 amide bonds. The Hall–Kier alpha value is -0.910. The van der Waals surface area contributed by atoms with Crippen molar-refractivity contribution < 1.29 is 4.79 Å². The zero-order chi connectivity index (χ0) is 12.0. The van der Waals surface area contributed by atoms with E-state index in [1.807, 2.05) is 18.5 Å². The molecule has 0 saturated heterocycles. The molecule has 0 aliphatic carbocycles. The zero-order valence-corrected chi connectivity index (χ0v) is 10.6. The molecule has 1 atom stereocenters. The van der Waals surface area contributed by atoms with E-state index in [1.165, 1.54) is 4.88 Å². The monoisotopic (exact) mass is 241 g/mol. The van der Waals surface area contributed by atoms with Crippen LogP contribution < -0.4 is 11.1 Å². The van der Waals surface area contributed by atoms with Crippen LogP contribution in [0.1, 0.15) is 17.3 Å². The fourth-order valence-corrected chi connectivity index (χ4v) is 2.46. The lowest BCUT2D eigenvalue weighted by atomic mass is 10.2. The van der Waals surface area contributed by atoms with Crippen LogP contribution in [0.3, 0.4) is 0 Å². The number of nitrogens with zero attached hydrogens (tertiary/aromatic N) is 1. The molecule has 3 N–H and O–H groups in total. The SMILES string of the molecule is CNC(=O)CCN(C)C(CN)c1cccs1.